The molecule has 1 atom stereocenters. The van der Waals surface area contributed by atoms with Gasteiger partial charge in [-0.15, -0.1) is 0 Å². The third-order valence-corrected chi connectivity index (χ3v) is 4.81. The minimum atomic E-state index is 0.399. The van der Waals surface area contributed by atoms with Crippen molar-refractivity contribution in [2.24, 2.45) is 5.92 Å². The summed E-state index contributed by atoms with van der Waals surface area (Å²) in [6.45, 7) is 1.08. The smallest absolute Gasteiger partial charge is 0.158 e. The highest BCUT2D eigenvalue weighted by atomic mass is 15.2. The summed E-state index contributed by atoms with van der Waals surface area (Å²) in [5.74, 6) is 1.91. The minimum Gasteiger partial charge on any atom is -0.352 e. The van der Waals surface area contributed by atoms with E-state index in [1.165, 1.54) is 51.4 Å². The predicted molar refractivity (Wildman–Crippen MR) is 78.3 cm³/mol. The van der Waals surface area contributed by atoms with Gasteiger partial charge < -0.3 is 4.90 Å². The molecular formula is C16H22N4. The number of aromatic nitrogens is 2. The zero-order chi connectivity index (χ0) is 13.8. The van der Waals surface area contributed by atoms with Crippen LogP contribution in [0.25, 0.3) is 0 Å². The average Bonchev–Trinajstić information content (AvgIpc) is 3.16. The van der Waals surface area contributed by atoms with Gasteiger partial charge in [-0.3, -0.25) is 0 Å². The molecule has 1 saturated heterocycles. The predicted octanol–water partition coefficient (Wildman–Crippen LogP) is 3.29. The molecule has 1 aromatic rings. The van der Waals surface area contributed by atoms with Gasteiger partial charge in [0.15, 0.2) is 5.69 Å². The summed E-state index contributed by atoms with van der Waals surface area (Å²) in [6.07, 6.45) is 14.2. The second-order valence-electron chi connectivity index (χ2n) is 6.09. The Morgan fingerprint density at radius 2 is 1.95 bits per heavy atom. The lowest BCUT2D eigenvalue weighted by Gasteiger charge is -2.26. The first-order valence-corrected chi connectivity index (χ1v) is 7.85. The van der Waals surface area contributed by atoms with E-state index < -0.39 is 0 Å². The molecule has 1 aromatic heterocycles. The second-order valence-corrected chi connectivity index (χ2v) is 6.09. The lowest BCUT2D eigenvalue weighted by molar-refractivity contribution is 0.447. The summed E-state index contributed by atoms with van der Waals surface area (Å²) in [5, 5.41) is 8.79. The summed E-state index contributed by atoms with van der Waals surface area (Å²) >= 11 is 0. The van der Waals surface area contributed by atoms with E-state index in [9.17, 15) is 0 Å². The highest BCUT2D eigenvalue weighted by molar-refractivity contribution is 5.39. The minimum absolute atomic E-state index is 0.399. The first-order chi connectivity index (χ1) is 9.86. The molecule has 2 fully saturated rings. The summed E-state index contributed by atoms with van der Waals surface area (Å²) in [4.78, 5) is 10.9. The number of hydrogen-bond donors (Lipinski definition) is 0. The molecular weight excluding hydrogens is 248 g/mol. The fraction of sp³-hybridized carbons (Fsp3) is 0.688. The maximum Gasteiger partial charge on any atom is 0.158 e. The Kier molecular flexibility index (Phi) is 4.15. The summed E-state index contributed by atoms with van der Waals surface area (Å²) in [6, 6.07) is 2.65. The molecule has 20 heavy (non-hydrogen) atoms. The Labute approximate surface area is 120 Å². The van der Waals surface area contributed by atoms with Crippen molar-refractivity contribution in [2.45, 2.75) is 57.4 Å². The third-order valence-electron chi connectivity index (χ3n) is 4.81. The molecule has 0 spiro atoms. The highest BCUT2D eigenvalue weighted by Gasteiger charge is 2.27. The zero-order valence-electron chi connectivity index (χ0n) is 12.0. The van der Waals surface area contributed by atoms with Crippen LogP contribution in [-0.2, 0) is 0 Å². The zero-order valence-corrected chi connectivity index (χ0v) is 12.0. The fourth-order valence-corrected chi connectivity index (χ4v) is 3.69. The van der Waals surface area contributed by atoms with Gasteiger partial charge >= 0.3 is 0 Å². The first-order valence-electron chi connectivity index (χ1n) is 7.85. The van der Waals surface area contributed by atoms with Crippen molar-refractivity contribution in [3.63, 3.8) is 0 Å². The Balaban J connectivity index is 1.60. The van der Waals surface area contributed by atoms with Crippen molar-refractivity contribution in [3.8, 4) is 6.07 Å². The van der Waals surface area contributed by atoms with Crippen molar-refractivity contribution in [3.05, 3.63) is 18.1 Å². The van der Waals surface area contributed by atoms with Crippen LogP contribution in [0.3, 0.4) is 0 Å². The van der Waals surface area contributed by atoms with Crippen LogP contribution in [-0.4, -0.2) is 22.6 Å². The van der Waals surface area contributed by atoms with Crippen molar-refractivity contribution < 1.29 is 0 Å². The topological polar surface area (TPSA) is 52.8 Å². The molecule has 2 aliphatic rings. The van der Waals surface area contributed by atoms with Crippen LogP contribution in [0.1, 0.15) is 57.1 Å². The van der Waals surface area contributed by atoms with E-state index >= 15 is 0 Å². The van der Waals surface area contributed by atoms with Crippen LogP contribution in [0.15, 0.2) is 12.4 Å². The molecule has 1 aliphatic carbocycles. The molecule has 106 valence electrons. The quantitative estimate of drug-likeness (QED) is 0.842. The van der Waals surface area contributed by atoms with Crippen LogP contribution in [0.5, 0.6) is 0 Å². The Morgan fingerprint density at radius 1 is 1.10 bits per heavy atom. The molecule has 4 nitrogen and oxygen atoms in total. The van der Waals surface area contributed by atoms with Crippen LogP contribution in [0.2, 0.25) is 0 Å². The standard InChI is InChI=1S/C16H22N4/c17-10-14-11-19-16(12-18-14)20-9-3-6-15(20)8-7-13-4-1-2-5-13/h11-13,15H,1-9H2. The van der Waals surface area contributed by atoms with E-state index in [0.717, 1.165) is 18.3 Å². The van der Waals surface area contributed by atoms with E-state index in [-0.39, 0.29) is 0 Å². The lowest BCUT2D eigenvalue weighted by atomic mass is 9.97. The van der Waals surface area contributed by atoms with Crippen LogP contribution >= 0.6 is 0 Å². The SMILES string of the molecule is N#Cc1cnc(N2CCCC2CCC2CCCC2)cn1. The number of nitriles is 1. The van der Waals surface area contributed by atoms with Gasteiger partial charge in [0.2, 0.25) is 0 Å². The average molecular weight is 270 g/mol. The van der Waals surface area contributed by atoms with Gasteiger partial charge in [0, 0.05) is 12.6 Å². The van der Waals surface area contributed by atoms with Crippen molar-refractivity contribution >= 4 is 5.82 Å². The number of rotatable bonds is 4. The van der Waals surface area contributed by atoms with Gasteiger partial charge in [-0.25, -0.2) is 9.97 Å². The molecule has 2 heterocycles. The Morgan fingerprint density at radius 3 is 2.65 bits per heavy atom. The van der Waals surface area contributed by atoms with Gasteiger partial charge in [-0.1, -0.05) is 25.7 Å². The highest BCUT2D eigenvalue weighted by Crippen LogP contribution is 2.32. The first kappa shape index (κ1) is 13.4. The molecule has 4 heteroatoms. The maximum absolute atomic E-state index is 8.79. The van der Waals surface area contributed by atoms with Gasteiger partial charge in [0.1, 0.15) is 11.9 Å². The van der Waals surface area contributed by atoms with E-state index in [2.05, 4.69) is 14.9 Å². The van der Waals surface area contributed by atoms with Crippen molar-refractivity contribution in [1.29, 1.82) is 5.26 Å². The molecule has 1 aliphatic heterocycles. The maximum atomic E-state index is 8.79. The molecule has 0 N–H and O–H groups in total. The van der Waals surface area contributed by atoms with Crippen LogP contribution < -0.4 is 4.90 Å². The summed E-state index contributed by atoms with van der Waals surface area (Å²) in [7, 11) is 0. The number of nitrogens with zero attached hydrogens (tertiary/aromatic N) is 4. The van der Waals surface area contributed by atoms with E-state index in [4.69, 9.17) is 5.26 Å². The normalized spacial score (nSPS) is 23.1. The van der Waals surface area contributed by atoms with Gasteiger partial charge in [0.25, 0.3) is 0 Å². The molecule has 0 aromatic carbocycles. The molecule has 0 amide bonds. The second kappa shape index (κ2) is 6.21. The van der Waals surface area contributed by atoms with E-state index in [1.807, 2.05) is 6.07 Å². The summed E-state index contributed by atoms with van der Waals surface area (Å²) in [5.41, 5.74) is 0.399. The molecule has 1 unspecified atom stereocenters. The van der Waals surface area contributed by atoms with E-state index in [1.54, 1.807) is 12.4 Å². The molecule has 3 rings (SSSR count). The monoisotopic (exact) mass is 270 g/mol. The number of anilines is 1. The van der Waals surface area contributed by atoms with Crippen LogP contribution in [0, 0.1) is 17.2 Å². The van der Waals surface area contributed by atoms with Crippen molar-refractivity contribution in [1.82, 2.24) is 9.97 Å². The molecule has 1 saturated carbocycles. The molecule has 0 bridgehead atoms. The Hall–Kier alpha value is -1.63. The van der Waals surface area contributed by atoms with Crippen molar-refractivity contribution in [2.75, 3.05) is 11.4 Å². The third kappa shape index (κ3) is 2.92. The van der Waals surface area contributed by atoms with Gasteiger partial charge in [-0.2, -0.15) is 5.26 Å². The fourth-order valence-electron chi connectivity index (χ4n) is 3.69. The number of hydrogen-bond acceptors (Lipinski definition) is 4. The Bertz CT molecular complexity index is 470. The lowest BCUT2D eigenvalue weighted by Crippen LogP contribution is -2.30. The molecule has 0 radical (unpaired) electrons. The van der Waals surface area contributed by atoms with Crippen LogP contribution in [0.4, 0.5) is 5.82 Å². The van der Waals surface area contributed by atoms with E-state index in [0.29, 0.717) is 11.7 Å². The van der Waals surface area contributed by atoms with Gasteiger partial charge in [0.05, 0.1) is 12.4 Å². The largest absolute Gasteiger partial charge is 0.352 e. The summed E-state index contributed by atoms with van der Waals surface area (Å²) < 4.78 is 0. The van der Waals surface area contributed by atoms with Gasteiger partial charge in [-0.05, 0) is 31.6 Å².